The molecule has 1 unspecified atom stereocenters. The molecule has 5 rings (SSSR count). The van der Waals surface area contributed by atoms with E-state index in [9.17, 15) is 23.1 Å². The van der Waals surface area contributed by atoms with Crippen LogP contribution in [-0.2, 0) is 6.18 Å². The van der Waals surface area contributed by atoms with E-state index in [0.29, 0.717) is 38.2 Å². The molecule has 0 aliphatic carbocycles. The van der Waals surface area contributed by atoms with Crippen molar-refractivity contribution in [1.82, 2.24) is 15.3 Å². The number of pyridine rings is 2. The van der Waals surface area contributed by atoms with Crippen LogP contribution in [0.3, 0.4) is 0 Å². The summed E-state index contributed by atoms with van der Waals surface area (Å²) in [5.41, 5.74) is 11.3. The Morgan fingerprint density at radius 3 is 2.62 bits per heavy atom. The maximum absolute atomic E-state index is 13.9. The lowest BCUT2D eigenvalue weighted by Crippen LogP contribution is -2.44. The molecule has 4 heterocycles. The fourth-order valence-electron chi connectivity index (χ4n) is 4.64. The van der Waals surface area contributed by atoms with Crippen molar-refractivity contribution < 1.29 is 23.1 Å². The van der Waals surface area contributed by atoms with Crippen LogP contribution in [0.5, 0.6) is 0 Å². The van der Waals surface area contributed by atoms with Crippen LogP contribution in [0.15, 0.2) is 42.5 Å². The molecular formula is C25H25F3N6O2S. The van der Waals surface area contributed by atoms with Crippen molar-refractivity contribution in [3.8, 4) is 0 Å². The molecule has 0 spiro atoms. The number of piperidine rings is 1. The molecular weight excluding hydrogens is 505 g/mol. The average Bonchev–Trinajstić information content (AvgIpc) is 3.22. The molecule has 8 nitrogen and oxygen atoms in total. The van der Waals surface area contributed by atoms with Gasteiger partial charge in [0.15, 0.2) is 0 Å². The minimum atomic E-state index is -4.67. The van der Waals surface area contributed by atoms with Gasteiger partial charge in [0, 0.05) is 36.4 Å². The summed E-state index contributed by atoms with van der Waals surface area (Å²) in [5.74, 6) is -0.709. The quantitative estimate of drug-likeness (QED) is 0.298. The van der Waals surface area contributed by atoms with Crippen molar-refractivity contribution in [2.24, 2.45) is 5.73 Å². The van der Waals surface area contributed by atoms with Gasteiger partial charge in [0.05, 0.1) is 22.5 Å². The highest BCUT2D eigenvalue weighted by atomic mass is 32.1. The van der Waals surface area contributed by atoms with Gasteiger partial charge in [-0.3, -0.25) is 9.78 Å². The van der Waals surface area contributed by atoms with Crippen molar-refractivity contribution in [3.05, 3.63) is 58.6 Å². The van der Waals surface area contributed by atoms with Crippen LogP contribution in [0.4, 0.5) is 24.7 Å². The molecule has 1 aromatic carbocycles. The van der Waals surface area contributed by atoms with Gasteiger partial charge in [0.1, 0.15) is 21.6 Å². The van der Waals surface area contributed by atoms with Crippen molar-refractivity contribution in [2.75, 3.05) is 30.3 Å². The molecule has 1 saturated heterocycles. The Labute approximate surface area is 214 Å². The van der Waals surface area contributed by atoms with Crippen molar-refractivity contribution >= 4 is 49.9 Å². The number of hydrogen-bond donors (Lipinski definition) is 4. The predicted octanol–water partition coefficient (Wildman–Crippen LogP) is 3.84. The van der Waals surface area contributed by atoms with Crippen LogP contribution in [0, 0.1) is 0 Å². The monoisotopic (exact) mass is 530 g/mol. The molecule has 1 aliphatic rings. The van der Waals surface area contributed by atoms with Gasteiger partial charge in [0.25, 0.3) is 5.91 Å². The number of amides is 1. The summed E-state index contributed by atoms with van der Waals surface area (Å²) in [6, 6.07) is 12.5. The Hall–Kier alpha value is -3.48. The number of aromatic nitrogens is 2. The second kappa shape index (κ2) is 9.77. The van der Waals surface area contributed by atoms with Gasteiger partial charge in [-0.2, -0.15) is 13.2 Å². The lowest BCUT2D eigenvalue weighted by Gasteiger charge is -2.34. The minimum absolute atomic E-state index is 0.0300. The summed E-state index contributed by atoms with van der Waals surface area (Å²) in [6.07, 6.45) is -4.16. The highest BCUT2D eigenvalue weighted by Crippen LogP contribution is 2.43. The Morgan fingerprint density at radius 2 is 1.92 bits per heavy atom. The first kappa shape index (κ1) is 25.2. The van der Waals surface area contributed by atoms with E-state index in [1.165, 1.54) is 0 Å². The molecule has 1 fully saturated rings. The number of primary amides is 1. The molecule has 194 valence electrons. The van der Waals surface area contributed by atoms with E-state index in [4.69, 9.17) is 11.5 Å². The number of rotatable bonds is 6. The molecule has 1 atom stereocenters. The molecule has 0 bridgehead atoms. The van der Waals surface area contributed by atoms with Gasteiger partial charge in [0.2, 0.25) is 0 Å². The number of aliphatic hydroxyl groups is 1. The summed E-state index contributed by atoms with van der Waals surface area (Å²) in [7, 11) is 0. The number of halogens is 3. The largest absolute Gasteiger partial charge is 0.417 e. The summed E-state index contributed by atoms with van der Waals surface area (Å²) in [4.78, 5) is 22.2. The van der Waals surface area contributed by atoms with Gasteiger partial charge in [-0.25, -0.2) is 4.98 Å². The van der Waals surface area contributed by atoms with Crippen LogP contribution in [0.25, 0.3) is 21.1 Å². The molecule has 4 aromatic rings. The second-order valence-electron chi connectivity index (χ2n) is 9.03. The average molecular weight is 531 g/mol. The van der Waals surface area contributed by atoms with E-state index in [2.05, 4.69) is 15.3 Å². The van der Waals surface area contributed by atoms with Crippen molar-refractivity contribution in [3.63, 3.8) is 0 Å². The van der Waals surface area contributed by atoms with Crippen LogP contribution in [0.1, 0.15) is 39.9 Å². The smallest absolute Gasteiger partial charge is 0.397 e. The zero-order valence-electron chi connectivity index (χ0n) is 19.6. The number of anilines is 2. The van der Waals surface area contributed by atoms with E-state index in [-0.39, 0.29) is 32.6 Å². The van der Waals surface area contributed by atoms with Gasteiger partial charge in [-0.1, -0.05) is 24.3 Å². The number of para-hydroxylation sites is 1. The number of nitrogens with zero attached hydrogens (tertiary/aromatic N) is 3. The second-order valence-corrected chi connectivity index (χ2v) is 10.0. The number of thiophene rings is 1. The van der Waals surface area contributed by atoms with Crippen LogP contribution in [0.2, 0.25) is 0 Å². The third kappa shape index (κ3) is 5.04. The third-order valence-electron chi connectivity index (χ3n) is 6.59. The lowest BCUT2D eigenvalue weighted by atomic mass is 10.0. The molecule has 3 aromatic heterocycles. The number of aliphatic hydroxyl groups excluding tert-OH is 1. The first-order valence-electron chi connectivity index (χ1n) is 11.7. The molecule has 1 aliphatic heterocycles. The summed E-state index contributed by atoms with van der Waals surface area (Å²) in [5, 5.41) is 14.7. The molecule has 0 saturated carbocycles. The number of nitrogen functional groups attached to an aromatic ring is 1. The van der Waals surface area contributed by atoms with Crippen LogP contribution >= 0.6 is 11.3 Å². The number of benzene rings is 1. The number of nitrogens with one attached hydrogen (secondary N) is 1. The van der Waals surface area contributed by atoms with E-state index in [1.54, 1.807) is 11.0 Å². The number of hydrogen-bond acceptors (Lipinski definition) is 8. The van der Waals surface area contributed by atoms with Gasteiger partial charge >= 0.3 is 6.18 Å². The lowest BCUT2D eigenvalue weighted by molar-refractivity contribution is -0.136. The van der Waals surface area contributed by atoms with E-state index >= 15 is 0 Å². The fraction of sp³-hybridized carbons (Fsp3) is 0.320. The maximum atomic E-state index is 13.9. The normalized spacial score (nSPS) is 15.9. The van der Waals surface area contributed by atoms with E-state index < -0.39 is 23.8 Å². The van der Waals surface area contributed by atoms with Gasteiger partial charge < -0.3 is 26.8 Å². The summed E-state index contributed by atoms with van der Waals surface area (Å²) >= 11 is 0.767. The van der Waals surface area contributed by atoms with Crippen molar-refractivity contribution in [1.29, 1.82) is 0 Å². The number of carbonyl (C=O) groups is 1. The molecule has 6 N–H and O–H groups in total. The SMILES string of the molecule is NC(=O)c1sc2nc(N3CCC(NCC(O)c4ccc5ccccc5n4)CC3)cc(C(F)(F)F)c2c1N. The van der Waals surface area contributed by atoms with Gasteiger partial charge in [-0.05, 0) is 31.0 Å². The van der Waals surface area contributed by atoms with Crippen LogP contribution < -0.4 is 21.7 Å². The van der Waals surface area contributed by atoms with Gasteiger partial charge in [-0.15, -0.1) is 11.3 Å². The topological polar surface area (TPSA) is 130 Å². The van der Waals surface area contributed by atoms with Crippen molar-refractivity contribution in [2.45, 2.75) is 31.2 Å². The first-order valence-corrected chi connectivity index (χ1v) is 12.6. The Morgan fingerprint density at radius 1 is 1.19 bits per heavy atom. The number of nitrogens with two attached hydrogens (primary N) is 2. The first-order chi connectivity index (χ1) is 17.6. The van der Waals surface area contributed by atoms with E-state index in [0.717, 1.165) is 28.3 Å². The predicted molar refractivity (Wildman–Crippen MR) is 137 cm³/mol. The maximum Gasteiger partial charge on any atom is 0.417 e. The number of alkyl halides is 3. The molecule has 37 heavy (non-hydrogen) atoms. The highest BCUT2D eigenvalue weighted by Gasteiger charge is 2.37. The Kier molecular flexibility index (Phi) is 6.65. The Bertz CT molecular complexity index is 1470. The summed E-state index contributed by atoms with van der Waals surface area (Å²) < 4.78 is 41.6. The van der Waals surface area contributed by atoms with Crippen LogP contribution in [-0.4, -0.2) is 46.7 Å². The number of fused-ring (bicyclic) bond motifs is 2. The standard InChI is InChI=1S/C25H25F3N6O2S/c26-25(27,28)15-11-19(33-24-20(15)21(29)22(37-24)23(30)36)34-9-7-14(8-10-34)31-12-18(35)17-6-5-13-3-1-2-4-16(13)32-17/h1-6,11,14,18,31,35H,7-10,12,29H2,(H2,30,36). The third-order valence-corrected chi connectivity index (χ3v) is 7.71. The number of carbonyl (C=O) groups excluding carboxylic acids is 1. The molecule has 1 amide bonds. The van der Waals surface area contributed by atoms with E-state index in [1.807, 2.05) is 30.3 Å². The Balaban J connectivity index is 1.26. The zero-order valence-corrected chi connectivity index (χ0v) is 20.4. The molecule has 12 heteroatoms. The zero-order chi connectivity index (χ0) is 26.3. The minimum Gasteiger partial charge on any atom is -0.397 e. The molecule has 0 radical (unpaired) electrons. The fourth-order valence-corrected chi connectivity index (χ4v) is 5.61. The highest BCUT2D eigenvalue weighted by molar-refractivity contribution is 7.21. The summed E-state index contributed by atoms with van der Waals surface area (Å²) in [6.45, 7) is 1.26.